The predicted molar refractivity (Wildman–Crippen MR) is 76.0 cm³/mol. The Labute approximate surface area is 112 Å². The van der Waals surface area contributed by atoms with Gasteiger partial charge in [-0.2, -0.15) is 0 Å². The first-order valence-electron chi connectivity index (χ1n) is 6.11. The van der Waals surface area contributed by atoms with Crippen LogP contribution in [0, 0.1) is 0 Å². The topological polar surface area (TPSA) is 37.8 Å². The van der Waals surface area contributed by atoms with E-state index in [1.807, 2.05) is 44.2 Å². The second-order valence-electron chi connectivity index (χ2n) is 3.92. The van der Waals surface area contributed by atoms with Gasteiger partial charge in [0.1, 0.15) is 11.6 Å². The molecule has 0 saturated carbocycles. The van der Waals surface area contributed by atoms with Gasteiger partial charge in [0, 0.05) is 29.6 Å². The van der Waals surface area contributed by atoms with Gasteiger partial charge in [0.2, 0.25) is 0 Å². The average Bonchev–Trinajstić information content (AvgIpc) is 2.39. The number of hydrogen-bond acceptors (Lipinski definition) is 3. The molecule has 94 valence electrons. The lowest BCUT2D eigenvalue weighted by molar-refractivity contribution is 0.939. The highest BCUT2D eigenvalue weighted by atomic mass is 35.5. The zero-order chi connectivity index (χ0) is 13.0. The minimum Gasteiger partial charge on any atom is -0.370 e. The molecule has 2 rings (SSSR count). The van der Waals surface area contributed by atoms with Crippen LogP contribution >= 0.6 is 11.6 Å². The zero-order valence-electron chi connectivity index (χ0n) is 10.6. The molecule has 1 aromatic carbocycles. The van der Waals surface area contributed by atoms with Gasteiger partial charge in [0.25, 0.3) is 0 Å². The molecule has 0 aliphatic heterocycles. The largest absolute Gasteiger partial charge is 0.370 e. The number of hydrogen-bond donors (Lipinski definition) is 1. The summed E-state index contributed by atoms with van der Waals surface area (Å²) in [7, 11) is 0. The molecular weight excluding hydrogens is 246 g/mol. The molecule has 18 heavy (non-hydrogen) atoms. The summed E-state index contributed by atoms with van der Waals surface area (Å²) in [5, 5.41) is 3.93. The number of rotatable bonds is 4. The SMILES string of the molecule is CCNc1cc(-c2ccccc2Cl)nc(CC)n1. The number of nitrogens with one attached hydrogen (secondary N) is 1. The fraction of sp³-hybridized carbons (Fsp3) is 0.286. The van der Waals surface area contributed by atoms with Gasteiger partial charge in [-0.15, -0.1) is 0 Å². The first kappa shape index (κ1) is 12.8. The molecule has 2 aromatic rings. The molecule has 4 heteroatoms. The molecule has 1 heterocycles. The third-order valence-electron chi connectivity index (χ3n) is 2.60. The minimum atomic E-state index is 0.709. The third kappa shape index (κ3) is 2.79. The monoisotopic (exact) mass is 261 g/mol. The summed E-state index contributed by atoms with van der Waals surface area (Å²) in [5.74, 6) is 1.67. The van der Waals surface area contributed by atoms with E-state index in [4.69, 9.17) is 11.6 Å². The zero-order valence-corrected chi connectivity index (χ0v) is 11.3. The molecule has 0 fully saturated rings. The number of nitrogens with zero attached hydrogens (tertiary/aromatic N) is 2. The van der Waals surface area contributed by atoms with Crippen molar-refractivity contribution in [1.29, 1.82) is 0 Å². The van der Waals surface area contributed by atoms with Crippen LogP contribution in [0.1, 0.15) is 19.7 Å². The predicted octanol–water partition coefficient (Wildman–Crippen LogP) is 3.79. The Kier molecular flexibility index (Phi) is 4.15. The molecular formula is C14H16ClN3. The van der Waals surface area contributed by atoms with Gasteiger partial charge in [-0.05, 0) is 13.0 Å². The smallest absolute Gasteiger partial charge is 0.131 e. The molecule has 0 saturated heterocycles. The van der Waals surface area contributed by atoms with E-state index in [0.29, 0.717) is 5.02 Å². The maximum atomic E-state index is 6.20. The molecule has 0 amide bonds. The standard InChI is InChI=1S/C14H16ClN3/c1-3-13-17-12(9-14(18-13)16-4-2)10-7-5-6-8-11(10)15/h5-9H,3-4H2,1-2H3,(H,16,17,18). The number of aromatic nitrogens is 2. The number of halogens is 1. The first-order chi connectivity index (χ1) is 8.74. The molecule has 0 aliphatic carbocycles. The molecule has 0 aliphatic rings. The summed E-state index contributed by atoms with van der Waals surface area (Å²) in [6.07, 6.45) is 0.802. The van der Waals surface area contributed by atoms with Crippen LogP contribution in [0.3, 0.4) is 0 Å². The molecule has 1 N–H and O–H groups in total. The first-order valence-corrected chi connectivity index (χ1v) is 6.49. The number of aryl methyl sites for hydroxylation is 1. The van der Waals surface area contributed by atoms with Gasteiger partial charge in [-0.1, -0.05) is 36.7 Å². The Morgan fingerprint density at radius 1 is 1.17 bits per heavy atom. The van der Waals surface area contributed by atoms with E-state index in [1.54, 1.807) is 0 Å². The van der Waals surface area contributed by atoms with Crippen LogP contribution in [0.25, 0.3) is 11.3 Å². The summed E-state index contributed by atoms with van der Waals surface area (Å²) < 4.78 is 0. The van der Waals surface area contributed by atoms with E-state index in [2.05, 4.69) is 15.3 Å². The van der Waals surface area contributed by atoms with Crippen LogP contribution in [-0.4, -0.2) is 16.5 Å². The van der Waals surface area contributed by atoms with E-state index in [-0.39, 0.29) is 0 Å². The summed E-state index contributed by atoms with van der Waals surface area (Å²) >= 11 is 6.20. The van der Waals surface area contributed by atoms with Crippen molar-refractivity contribution in [2.75, 3.05) is 11.9 Å². The fourth-order valence-corrected chi connectivity index (χ4v) is 1.97. The van der Waals surface area contributed by atoms with Crippen LogP contribution in [-0.2, 0) is 6.42 Å². The van der Waals surface area contributed by atoms with E-state index in [0.717, 1.165) is 35.9 Å². The Bertz CT molecular complexity index is 540. The Hall–Kier alpha value is -1.61. The summed E-state index contributed by atoms with van der Waals surface area (Å²) in [4.78, 5) is 8.96. The van der Waals surface area contributed by atoms with E-state index >= 15 is 0 Å². The van der Waals surface area contributed by atoms with Crippen molar-refractivity contribution in [3.05, 3.63) is 41.2 Å². The van der Waals surface area contributed by atoms with Crippen molar-refractivity contribution in [2.45, 2.75) is 20.3 Å². The van der Waals surface area contributed by atoms with Crippen LogP contribution in [0.5, 0.6) is 0 Å². The van der Waals surface area contributed by atoms with E-state index in [9.17, 15) is 0 Å². The Morgan fingerprint density at radius 3 is 2.61 bits per heavy atom. The molecule has 0 radical (unpaired) electrons. The third-order valence-corrected chi connectivity index (χ3v) is 2.93. The van der Waals surface area contributed by atoms with Gasteiger partial charge in [0.05, 0.1) is 5.69 Å². The average molecular weight is 262 g/mol. The number of benzene rings is 1. The minimum absolute atomic E-state index is 0.709. The highest BCUT2D eigenvalue weighted by Crippen LogP contribution is 2.27. The molecule has 0 spiro atoms. The van der Waals surface area contributed by atoms with E-state index < -0.39 is 0 Å². The van der Waals surface area contributed by atoms with Crippen molar-refractivity contribution in [2.24, 2.45) is 0 Å². The van der Waals surface area contributed by atoms with Crippen molar-refractivity contribution >= 4 is 17.4 Å². The number of anilines is 1. The van der Waals surface area contributed by atoms with Gasteiger partial charge in [-0.3, -0.25) is 0 Å². The van der Waals surface area contributed by atoms with Gasteiger partial charge >= 0.3 is 0 Å². The molecule has 0 unspecified atom stereocenters. The van der Waals surface area contributed by atoms with Crippen molar-refractivity contribution < 1.29 is 0 Å². The maximum absolute atomic E-state index is 6.20. The van der Waals surface area contributed by atoms with Gasteiger partial charge < -0.3 is 5.32 Å². The summed E-state index contributed by atoms with van der Waals surface area (Å²) in [6.45, 7) is 4.92. The van der Waals surface area contributed by atoms with Crippen molar-refractivity contribution in [3.8, 4) is 11.3 Å². The lowest BCUT2D eigenvalue weighted by atomic mass is 10.1. The molecule has 0 bridgehead atoms. The maximum Gasteiger partial charge on any atom is 0.131 e. The Balaban J connectivity index is 2.50. The Morgan fingerprint density at radius 2 is 1.94 bits per heavy atom. The van der Waals surface area contributed by atoms with Crippen molar-refractivity contribution in [1.82, 2.24) is 9.97 Å². The molecule has 0 atom stereocenters. The van der Waals surface area contributed by atoms with E-state index in [1.165, 1.54) is 0 Å². The van der Waals surface area contributed by atoms with Crippen LogP contribution in [0.4, 0.5) is 5.82 Å². The van der Waals surface area contributed by atoms with Crippen LogP contribution in [0.15, 0.2) is 30.3 Å². The normalized spacial score (nSPS) is 10.4. The highest BCUT2D eigenvalue weighted by molar-refractivity contribution is 6.33. The quantitative estimate of drug-likeness (QED) is 0.910. The lowest BCUT2D eigenvalue weighted by Crippen LogP contribution is -2.04. The second kappa shape index (κ2) is 5.83. The lowest BCUT2D eigenvalue weighted by Gasteiger charge is -2.09. The second-order valence-corrected chi connectivity index (χ2v) is 4.33. The fourth-order valence-electron chi connectivity index (χ4n) is 1.73. The summed E-state index contributed by atoms with van der Waals surface area (Å²) in [5.41, 5.74) is 1.80. The summed E-state index contributed by atoms with van der Waals surface area (Å²) in [6, 6.07) is 9.65. The van der Waals surface area contributed by atoms with Crippen molar-refractivity contribution in [3.63, 3.8) is 0 Å². The van der Waals surface area contributed by atoms with Crippen LogP contribution < -0.4 is 5.32 Å². The van der Waals surface area contributed by atoms with Crippen LogP contribution in [0.2, 0.25) is 5.02 Å². The highest BCUT2D eigenvalue weighted by Gasteiger charge is 2.08. The molecule has 1 aromatic heterocycles. The van der Waals surface area contributed by atoms with Gasteiger partial charge in [-0.25, -0.2) is 9.97 Å². The van der Waals surface area contributed by atoms with Gasteiger partial charge in [0.15, 0.2) is 0 Å². The molecule has 3 nitrogen and oxygen atoms in total.